The van der Waals surface area contributed by atoms with Crippen molar-refractivity contribution < 1.29 is 9.84 Å². The van der Waals surface area contributed by atoms with Crippen molar-refractivity contribution in [2.45, 2.75) is 12.5 Å². The lowest BCUT2D eigenvalue weighted by molar-refractivity contribution is 0.276. The van der Waals surface area contributed by atoms with E-state index in [0.717, 1.165) is 11.3 Å². The standard InChI is InChI=1S/C10H14ClNO2/c1-14-7-2-3-9(11)8(6-7)10(12)4-5-13/h2-3,6,10,13H,4-5,12H2,1H3. The second-order valence-electron chi connectivity index (χ2n) is 3.01. The highest BCUT2D eigenvalue weighted by atomic mass is 35.5. The maximum Gasteiger partial charge on any atom is 0.119 e. The number of rotatable bonds is 4. The SMILES string of the molecule is COc1ccc(Cl)c(C(N)CCO)c1. The minimum absolute atomic E-state index is 0.0503. The number of ether oxygens (including phenoxy) is 1. The molecule has 0 bridgehead atoms. The van der Waals surface area contributed by atoms with Crippen LogP contribution in [0.4, 0.5) is 0 Å². The Kier molecular flexibility index (Phi) is 4.20. The van der Waals surface area contributed by atoms with E-state index in [1.807, 2.05) is 0 Å². The molecule has 78 valence electrons. The van der Waals surface area contributed by atoms with Gasteiger partial charge in [0.2, 0.25) is 0 Å². The van der Waals surface area contributed by atoms with Gasteiger partial charge in [0, 0.05) is 17.7 Å². The maximum atomic E-state index is 8.76. The topological polar surface area (TPSA) is 55.5 Å². The van der Waals surface area contributed by atoms with E-state index in [-0.39, 0.29) is 12.6 Å². The van der Waals surface area contributed by atoms with Gasteiger partial charge in [-0.05, 0) is 30.2 Å². The normalized spacial score (nSPS) is 12.6. The highest BCUT2D eigenvalue weighted by molar-refractivity contribution is 6.31. The summed E-state index contributed by atoms with van der Waals surface area (Å²) in [5.74, 6) is 0.720. The summed E-state index contributed by atoms with van der Waals surface area (Å²) >= 11 is 5.97. The van der Waals surface area contributed by atoms with Crippen LogP contribution in [0.3, 0.4) is 0 Å². The third-order valence-electron chi connectivity index (χ3n) is 2.04. The second-order valence-corrected chi connectivity index (χ2v) is 3.41. The predicted molar refractivity (Wildman–Crippen MR) is 56.6 cm³/mol. The highest BCUT2D eigenvalue weighted by Gasteiger charge is 2.10. The van der Waals surface area contributed by atoms with Gasteiger partial charge in [-0.2, -0.15) is 0 Å². The summed E-state index contributed by atoms with van der Waals surface area (Å²) in [5, 5.41) is 9.36. The predicted octanol–water partition coefficient (Wildman–Crippen LogP) is 1.73. The van der Waals surface area contributed by atoms with E-state index < -0.39 is 0 Å². The van der Waals surface area contributed by atoms with Crippen molar-refractivity contribution in [3.8, 4) is 5.75 Å². The van der Waals surface area contributed by atoms with Crippen molar-refractivity contribution in [1.82, 2.24) is 0 Å². The molecule has 1 aromatic rings. The molecule has 0 fully saturated rings. The van der Waals surface area contributed by atoms with Crippen LogP contribution in [0.5, 0.6) is 5.75 Å². The van der Waals surface area contributed by atoms with E-state index in [2.05, 4.69) is 0 Å². The first-order valence-corrected chi connectivity index (χ1v) is 4.76. The van der Waals surface area contributed by atoms with Gasteiger partial charge in [0.15, 0.2) is 0 Å². The van der Waals surface area contributed by atoms with Crippen LogP contribution >= 0.6 is 11.6 Å². The fourth-order valence-electron chi connectivity index (χ4n) is 1.23. The van der Waals surface area contributed by atoms with Gasteiger partial charge in [-0.3, -0.25) is 0 Å². The Morgan fingerprint density at radius 1 is 1.57 bits per heavy atom. The zero-order valence-corrected chi connectivity index (χ0v) is 8.79. The summed E-state index contributed by atoms with van der Waals surface area (Å²) in [6, 6.07) is 5.07. The van der Waals surface area contributed by atoms with E-state index in [1.54, 1.807) is 25.3 Å². The van der Waals surface area contributed by atoms with Crippen LogP contribution in [0.1, 0.15) is 18.0 Å². The Hall–Kier alpha value is -0.770. The van der Waals surface area contributed by atoms with Gasteiger partial charge >= 0.3 is 0 Å². The monoisotopic (exact) mass is 215 g/mol. The van der Waals surface area contributed by atoms with E-state index in [9.17, 15) is 0 Å². The zero-order chi connectivity index (χ0) is 10.6. The summed E-state index contributed by atoms with van der Waals surface area (Å²) in [6.07, 6.45) is 0.493. The van der Waals surface area contributed by atoms with Crippen molar-refractivity contribution in [3.63, 3.8) is 0 Å². The maximum absolute atomic E-state index is 8.76. The molecule has 0 amide bonds. The van der Waals surface area contributed by atoms with Gasteiger partial charge in [-0.1, -0.05) is 11.6 Å². The van der Waals surface area contributed by atoms with Gasteiger partial charge < -0.3 is 15.6 Å². The van der Waals surface area contributed by atoms with Crippen molar-refractivity contribution in [2.24, 2.45) is 5.73 Å². The van der Waals surface area contributed by atoms with Crippen LogP contribution in [0.15, 0.2) is 18.2 Å². The van der Waals surface area contributed by atoms with Crippen molar-refractivity contribution >= 4 is 11.6 Å². The third-order valence-corrected chi connectivity index (χ3v) is 2.39. The van der Waals surface area contributed by atoms with Gasteiger partial charge in [0.05, 0.1) is 7.11 Å². The first-order chi connectivity index (χ1) is 6.69. The van der Waals surface area contributed by atoms with Crippen LogP contribution in [-0.4, -0.2) is 18.8 Å². The van der Waals surface area contributed by atoms with Gasteiger partial charge in [-0.15, -0.1) is 0 Å². The third kappa shape index (κ3) is 2.61. The smallest absolute Gasteiger partial charge is 0.119 e. The fourth-order valence-corrected chi connectivity index (χ4v) is 1.49. The number of aliphatic hydroxyl groups is 1. The summed E-state index contributed by atoms with van der Waals surface area (Å²) in [7, 11) is 1.59. The Morgan fingerprint density at radius 2 is 2.29 bits per heavy atom. The van der Waals surface area contributed by atoms with Crippen LogP contribution in [0, 0.1) is 0 Å². The van der Waals surface area contributed by atoms with Crippen LogP contribution in [-0.2, 0) is 0 Å². The minimum atomic E-state index is -0.248. The number of halogens is 1. The molecule has 1 aromatic carbocycles. The Labute approximate surface area is 88.4 Å². The Bertz CT molecular complexity index is 304. The molecule has 0 heterocycles. The number of benzene rings is 1. The molecule has 14 heavy (non-hydrogen) atoms. The molecule has 4 heteroatoms. The molecule has 3 nitrogen and oxygen atoms in total. The van der Waals surface area contributed by atoms with Crippen LogP contribution in [0.25, 0.3) is 0 Å². The summed E-state index contributed by atoms with van der Waals surface area (Å²) in [6.45, 7) is 0.0503. The molecule has 0 aliphatic carbocycles. The fraction of sp³-hybridized carbons (Fsp3) is 0.400. The van der Waals surface area contributed by atoms with Gasteiger partial charge in [0.1, 0.15) is 5.75 Å². The molecule has 1 rings (SSSR count). The van der Waals surface area contributed by atoms with Crippen molar-refractivity contribution in [3.05, 3.63) is 28.8 Å². The molecule has 0 aliphatic rings. The van der Waals surface area contributed by atoms with E-state index in [1.165, 1.54) is 0 Å². The molecule has 1 atom stereocenters. The molecular formula is C10H14ClNO2. The molecule has 0 saturated carbocycles. The summed E-state index contributed by atoms with van der Waals surface area (Å²) < 4.78 is 5.06. The summed E-state index contributed by atoms with van der Waals surface area (Å²) in [5.41, 5.74) is 6.64. The molecule has 0 aromatic heterocycles. The lowest BCUT2D eigenvalue weighted by atomic mass is 10.0. The molecule has 3 N–H and O–H groups in total. The minimum Gasteiger partial charge on any atom is -0.497 e. The Balaban J connectivity index is 2.93. The first-order valence-electron chi connectivity index (χ1n) is 4.39. The van der Waals surface area contributed by atoms with Crippen molar-refractivity contribution in [1.29, 1.82) is 0 Å². The average Bonchev–Trinajstić information content (AvgIpc) is 2.19. The van der Waals surface area contributed by atoms with E-state index >= 15 is 0 Å². The highest BCUT2D eigenvalue weighted by Crippen LogP contribution is 2.27. The summed E-state index contributed by atoms with van der Waals surface area (Å²) in [4.78, 5) is 0. The molecule has 0 saturated heterocycles. The van der Waals surface area contributed by atoms with Crippen LogP contribution < -0.4 is 10.5 Å². The molecule has 0 aliphatic heterocycles. The quantitative estimate of drug-likeness (QED) is 0.805. The van der Waals surface area contributed by atoms with E-state index in [0.29, 0.717) is 11.4 Å². The van der Waals surface area contributed by atoms with Gasteiger partial charge in [0.25, 0.3) is 0 Å². The largest absolute Gasteiger partial charge is 0.497 e. The van der Waals surface area contributed by atoms with Gasteiger partial charge in [-0.25, -0.2) is 0 Å². The zero-order valence-electron chi connectivity index (χ0n) is 8.03. The second kappa shape index (κ2) is 5.20. The number of nitrogens with two attached hydrogens (primary N) is 1. The lowest BCUT2D eigenvalue weighted by Gasteiger charge is -2.13. The Morgan fingerprint density at radius 3 is 2.86 bits per heavy atom. The number of hydrogen-bond acceptors (Lipinski definition) is 3. The van der Waals surface area contributed by atoms with E-state index in [4.69, 9.17) is 27.2 Å². The first kappa shape index (κ1) is 11.3. The number of hydrogen-bond donors (Lipinski definition) is 2. The van der Waals surface area contributed by atoms with Crippen LogP contribution in [0.2, 0.25) is 5.02 Å². The molecule has 1 unspecified atom stereocenters. The molecular weight excluding hydrogens is 202 g/mol. The number of methoxy groups -OCH3 is 1. The average molecular weight is 216 g/mol. The van der Waals surface area contributed by atoms with Crippen molar-refractivity contribution in [2.75, 3.05) is 13.7 Å². The number of aliphatic hydroxyl groups excluding tert-OH is 1. The lowest BCUT2D eigenvalue weighted by Crippen LogP contribution is -2.12. The molecule has 0 radical (unpaired) electrons. The molecule has 0 spiro atoms.